The molecular weight excluding hydrogens is 372 g/mol. The molecule has 5 N–H and O–H groups in total. The average molecular weight is 390 g/mol. The van der Waals surface area contributed by atoms with Gasteiger partial charge in [-0.2, -0.15) is 0 Å². The molecule has 2 unspecified atom stereocenters. The molecule has 0 aliphatic heterocycles. The van der Waals surface area contributed by atoms with Crippen molar-refractivity contribution in [2.75, 3.05) is 0 Å². The van der Waals surface area contributed by atoms with Gasteiger partial charge >= 0.3 is 0 Å². The van der Waals surface area contributed by atoms with Gasteiger partial charge in [0.2, 0.25) is 0 Å². The number of halogens is 2. The molecule has 2 aromatic carbocycles. The molecule has 2 aromatic rings. The van der Waals surface area contributed by atoms with Crippen LogP contribution in [0.1, 0.15) is 23.2 Å². The summed E-state index contributed by atoms with van der Waals surface area (Å²) in [5.74, 6) is 0.231. The van der Waals surface area contributed by atoms with Crippen LogP contribution in [-0.4, -0.2) is 5.11 Å². The lowest BCUT2D eigenvalue weighted by molar-refractivity contribution is 0.474. The summed E-state index contributed by atoms with van der Waals surface area (Å²) in [5, 5.41) is 9.22. The van der Waals surface area contributed by atoms with Crippen molar-refractivity contribution in [3.05, 3.63) is 65.7 Å². The number of phenols is 1. The van der Waals surface area contributed by atoms with Crippen molar-refractivity contribution in [2.24, 2.45) is 11.5 Å². The number of hydrogen-bond acceptors (Lipinski definition) is 3. The summed E-state index contributed by atoms with van der Waals surface area (Å²) in [5.41, 5.74) is 14.2. The van der Waals surface area contributed by atoms with Gasteiger partial charge in [-0.05, 0) is 23.3 Å². The lowest BCUT2D eigenvalue weighted by Crippen LogP contribution is -2.26. The van der Waals surface area contributed by atoms with Crippen LogP contribution in [0.2, 0.25) is 0 Å². The van der Waals surface area contributed by atoms with Crippen LogP contribution in [0.4, 0.5) is 0 Å². The maximum absolute atomic E-state index is 9.22. The molecule has 0 amide bonds. The molecule has 19 heavy (non-hydrogen) atoms. The second-order valence-electron chi connectivity index (χ2n) is 4.05. The number of rotatable bonds is 3. The standard InChI is InChI=1S/C14H16N2O.2BrH/c15-13(10-4-2-1-3-5-10)14(16)11-6-8-12(17)9-7-11;;/h1-9,13-14,17H,15-16H2;2*1H. The van der Waals surface area contributed by atoms with Crippen molar-refractivity contribution in [1.82, 2.24) is 0 Å². The normalized spacial score (nSPS) is 12.7. The molecule has 2 rings (SSSR count). The van der Waals surface area contributed by atoms with E-state index >= 15 is 0 Å². The van der Waals surface area contributed by atoms with E-state index in [1.165, 1.54) is 0 Å². The first-order valence-electron chi connectivity index (χ1n) is 5.53. The topological polar surface area (TPSA) is 72.3 Å². The van der Waals surface area contributed by atoms with Gasteiger partial charge in [-0.15, -0.1) is 34.0 Å². The Balaban J connectivity index is 0.00000162. The van der Waals surface area contributed by atoms with Crippen LogP contribution in [0.25, 0.3) is 0 Å². The van der Waals surface area contributed by atoms with Crippen molar-refractivity contribution in [3.8, 4) is 5.75 Å². The first kappa shape index (κ1) is 18.1. The molecule has 5 heteroatoms. The van der Waals surface area contributed by atoms with Crippen molar-refractivity contribution in [3.63, 3.8) is 0 Å². The smallest absolute Gasteiger partial charge is 0.115 e. The van der Waals surface area contributed by atoms with E-state index in [1.807, 2.05) is 30.3 Å². The Morgan fingerprint density at radius 2 is 1.11 bits per heavy atom. The second-order valence-corrected chi connectivity index (χ2v) is 4.05. The Morgan fingerprint density at radius 3 is 1.58 bits per heavy atom. The summed E-state index contributed by atoms with van der Waals surface area (Å²) in [7, 11) is 0. The van der Waals surface area contributed by atoms with Crippen LogP contribution in [0.15, 0.2) is 54.6 Å². The van der Waals surface area contributed by atoms with Gasteiger partial charge in [0.05, 0.1) is 0 Å². The molecule has 2 atom stereocenters. The van der Waals surface area contributed by atoms with E-state index in [0.29, 0.717) is 0 Å². The molecular formula is C14H18Br2N2O. The quantitative estimate of drug-likeness (QED) is 0.754. The third kappa shape index (κ3) is 4.62. The van der Waals surface area contributed by atoms with Gasteiger partial charge in [-0.3, -0.25) is 0 Å². The Hall–Kier alpha value is -0.880. The Kier molecular flexibility index (Phi) is 7.94. The zero-order valence-corrected chi connectivity index (χ0v) is 13.7. The van der Waals surface area contributed by atoms with Crippen molar-refractivity contribution in [2.45, 2.75) is 12.1 Å². The van der Waals surface area contributed by atoms with Crippen LogP contribution >= 0.6 is 34.0 Å². The van der Waals surface area contributed by atoms with Crippen LogP contribution in [0, 0.1) is 0 Å². The molecule has 0 fully saturated rings. The fourth-order valence-electron chi connectivity index (χ4n) is 1.79. The maximum Gasteiger partial charge on any atom is 0.115 e. The number of benzene rings is 2. The van der Waals surface area contributed by atoms with Crippen molar-refractivity contribution in [1.29, 1.82) is 0 Å². The third-order valence-corrected chi connectivity index (χ3v) is 2.85. The minimum Gasteiger partial charge on any atom is -0.508 e. The fourth-order valence-corrected chi connectivity index (χ4v) is 1.79. The van der Waals surface area contributed by atoms with Gasteiger partial charge in [0.1, 0.15) is 5.75 Å². The summed E-state index contributed by atoms with van der Waals surface area (Å²) >= 11 is 0. The molecule has 0 saturated carbocycles. The lowest BCUT2D eigenvalue weighted by atomic mass is 9.95. The maximum atomic E-state index is 9.22. The van der Waals surface area contributed by atoms with Crippen LogP contribution in [-0.2, 0) is 0 Å². The predicted molar refractivity (Wildman–Crippen MR) is 89.0 cm³/mol. The van der Waals surface area contributed by atoms with E-state index in [0.717, 1.165) is 11.1 Å². The van der Waals surface area contributed by atoms with Crippen molar-refractivity contribution < 1.29 is 5.11 Å². The van der Waals surface area contributed by atoms with E-state index in [-0.39, 0.29) is 51.8 Å². The monoisotopic (exact) mass is 388 g/mol. The highest BCUT2D eigenvalue weighted by molar-refractivity contribution is 8.93. The number of aromatic hydroxyl groups is 1. The molecule has 0 aliphatic carbocycles. The lowest BCUT2D eigenvalue weighted by Gasteiger charge is -2.20. The van der Waals surface area contributed by atoms with Gasteiger partial charge in [-0.1, -0.05) is 42.5 Å². The number of nitrogens with two attached hydrogens (primary N) is 2. The van der Waals surface area contributed by atoms with Crippen molar-refractivity contribution >= 4 is 34.0 Å². The average Bonchev–Trinajstić information content (AvgIpc) is 2.39. The SMILES string of the molecule is Br.Br.NC(c1ccccc1)C(N)c1ccc(O)cc1. The molecule has 0 aliphatic rings. The van der Waals surface area contributed by atoms with Gasteiger partial charge in [0.15, 0.2) is 0 Å². The van der Waals surface area contributed by atoms with E-state index < -0.39 is 0 Å². The molecule has 0 heterocycles. The summed E-state index contributed by atoms with van der Waals surface area (Å²) < 4.78 is 0. The van der Waals surface area contributed by atoms with E-state index in [9.17, 15) is 5.11 Å². The molecule has 104 valence electrons. The summed E-state index contributed by atoms with van der Waals surface area (Å²) in [6.45, 7) is 0. The van der Waals surface area contributed by atoms with E-state index in [4.69, 9.17) is 11.5 Å². The zero-order chi connectivity index (χ0) is 12.3. The molecule has 0 radical (unpaired) electrons. The highest BCUT2D eigenvalue weighted by atomic mass is 79.9. The van der Waals surface area contributed by atoms with E-state index in [2.05, 4.69) is 0 Å². The molecule has 0 bridgehead atoms. The first-order chi connectivity index (χ1) is 8.18. The Labute approximate surface area is 134 Å². The van der Waals surface area contributed by atoms with Gasteiger partial charge in [0, 0.05) is 12.1 Å². The van der Waals surface area contributed by atoms with Gasteiger partial charge < -0.3 is 16.6 Å². The molecule has 0 spiro atoms. The fraction of sp³-hybridized carbons (Fsp3) is 0.143. The van der Waals surface area contributed by atoms with Crippen LogP contribution in [0.5, 0.6) is 5.75 Å². The highest BCUT2D eigenvalue weighted by Gasteiger charge is 2.16. The highest BCUT2D eigenvalue weighted by Crippen LogP contribution is 2.25. The van der Waals surface area contributed by atoms with Crippen LogP contribution < -0.4 is 11.5 Å². The first-order valence-corrected chi connectivity index (χ1v) is 5.53. The summed E-state index contributed by atoms with van der Waals surface area (Å²) in [6, 6.07) is 16.1. The number of phenolic OH excluding ortho intramolecular Hbond substituents is 1. The Bertz CT molecular complexity index is 477. The molecule has 0 saturated heterocycles. The largest absolute Gasteiger partial charge is 0.508 e. The van der Waals surface area contributed by atoms with Gasteiger partial charge in [0.25, 0.3) is 0 Å². The zero-order valence-electron chi connectivity index (χ0n) is 10.3. The number of hydrogen-bond donors (Lipinski definition) is 3. The molecule has 0 aromatic heterocycles. The minimum absolute atomic E-state index is 0. The molecule has 3 nitrogen and oxygen atoms in total. The Morgan fingerprint density at radius 1 is 0.684 bits per heavy atom. The third-order valence-electron chi connectivity index (χ3n) is 2.85. The van der Waals surface area contributed by atoms with E-state index in [1.54, 1.807) is 24.3 Å². The predicted octanol–water partition coefficient (Wildman–Crippen LogP) is 3.25. The van der Waals surface area contributed by atoms with Crippen LogP contribution in [0.3, 0.4) is 0 Å². The summed E-state index contributed by atoms with van der Waals surface area (Å²) in [6.07, 6.45) is 0. The summed E-state index contributed by atoms with van der Waals surface area (Å²) in [4.78, 5) is 0. The van der Waals surface area contributed by atoms with Gasteiger partial charge in [-0.25, -0.2) is 0 Å². The second kappa shape index (κ2) is 8.32. The minimum atomic E-state index is -0.280.